The summed E-state index contributed by atoms with van der Waals surface area (Å²) in [5.41, 5.74) is 6.26. The van der Waals surface area contributed by atoms with Crippen LogP contribution in [0.3, 0.4) is 0 Å². The molecule has 0 spiro atoms. The lowest BCUT2D eigenvalue weighted by molar-refractivity contribution is 0.201. The van der Waals surface area contributed by atoms with Crippen LogP contribution in [0.25, 0.3) is 16.9 Å². The Bertz CT molecular complexity index is 939. The van der Waals surface area contributed by atoms with E-state index in [1.807, 2.05) is 0 Å². The van der Waals surface area contributed by atoms with Gasteiger partial charge in [-0.05, 0) is 6.07 Å². The minimum Gasteiger partial charge on any atom is -0.397 e. The van der Waals surface area contributed by atoms with E-state index in [0.29, 0.717) is 18.7 Å². The molecule has 3 aromatic rings. The van der Waals surface area contributed by atoms with Gasteiger partial charge in [0.15, 0.2) is 5.65 Å². The normalized spacial score (nSPS) is 11.1. The molecule has 9 heteroatoms. The number of nitrogens with zero attached hydrogens (tertiary/aromatic N) is 3. The quantitative estimate of drug-likeness (QED) is 0.599. The number of hydrogen-bond acceptors (Lipinski definition) is 6. The molecule has 0 bridgehead atoms. The van der Waals surface area contributed by atoms with Crippen molar-refractivity contribution in [3.05, 3.63) is 45.1 Å². The SMILES string of the molecule is COCCc1nccc(N)c1-n1c(=O)[nH]c2nc[nH]c2c1=O. The number of imidazole rings is 1. The molecule has 0 unspecified atom stereocenters. The van der Waals surface area contributed by atoms with Crippen molar-refractivity contribution in [3.63, 3.8) is 0 Å². The van der Waals surface area contributed by atoms with E-state index in [2.05, 4.69) is 19.9 Å². The summed E-state index contributed by atoms with van der Waals surface area (Å²) in [6, 6.07) is 1.54. The number of nitrogen functional groups attached to an aromatic ring is 1. The number of anilines is 1. The zero-order valence-electron chi connectivity index (χ0n) is 11.8. The number of aromatic nitrogens is 5. The van der Waals surface area contributed by atoms with Gasteiger partial charge in [-0.1, -0.05) is 0 Å². The summed E-state index contributed by atoms with van der Waals surface area (Å²) in [7, 11) is 1.56. The van der Waals surface area contributed by atoms with Crippen LogP contribution in [0.5, 0.6) is 0 Å². The van der Waals surface area contributed by atoms with Crippen LogP contribution in [0.4, 0.5) is 5.69 Å². The Balaban J connectivity index is 2.32. The van der Waals surface area contributed by atoms with Crippen molar-refractivity contribution in [3.8, 4) is 5.69 Å². The van der Waals surface area contributed by atoms with Crippen LogP contribution in [0.2, 0.25) is 0 Å². The van der Waals surface area contributed by atoms with E-state index < -0.39 is 11.2 Å². The average molecular weight is 302 g/mol. The summed E-state index contributed by atoms with van der Waals surface area (Å²) in [5, 5.41) is 0. The Hall–Kier alpha value is -2.94. The van der Waals surface area contributed by atoms with Gasteiger partial charge in [0.2, 0.25) is 0 Å². The summed E-state index contributed by atoms with van der Waals surface area (Å²) < 4.78 is 5.99. The van der Waals surface area contributed by atoms with E-state index in [0.717, 1.165) is 4.57 Å². The Kier molecular flexibility index (Phi) is 3.47. The Morgan fingerprint density at radius 3 is 2.95 bits per heavy atom. The Morgan fingerprint density at radius 1 is 1.36 bits per heavy atom. The fraction of sp³-hybridized carbons (Fsp3) is 0.231. The van der Waals surface area contributed by atoms with Crippen LogP contribution >= 0.6 is 0 Å². The topological polar surface area (TPSA) is 132 Å². The second-order valence-electron chi connectivity index (χ2n) is 4.64. The first-order chi connectivity index (χ1) is 10.6. The fourth-order valence-electron chi connectivity index (χ4n) is 2.27. The lowest BCUT2D eigenvalue weighted by Gasteiger charge is -2.12. The second-order valence-corrected chi connectivity index (χ2v) is 4.64. The van der Waals surface area contributed by atoms with Crippen LogP contribution < -0.4 is 17.0 Å². The third-order valence-corrected chi connectivity index (χ3v) is 3.28. The van der Waals surface area contributed by atoms with E-state index >= 15 is 0 Å². The number of fused-ring (bicyclic) bond motifs is 1. The lowest BCUT2D eigenvalue weighted by atomic mass is 10.2. The first-order valence-electron chi connectivity index (χ1n) is 6.54. The molecule has 9 nitrogen and oxygen atoms in total. The molecule has 0 atom stereocenters. The van der Waals surface area contributed by atoms with Crippen LogP contribution in [0, 0.1) is 0 Å². The molecule has 3 heterocycles. The van der Waals surface area contributed by atoms with E-state index in [-0.39, 0.29) is 22.5 Å². The number of aromatic amines is 2. The molecule has 0 aromatic carbocycles. The van der Waals surface area contributed by atoms with Gasteiger partial charge in [-0.25, -0.2) is 14.3 Å². The molecule has 0 amide bonds. The van der Waals surface area contributed by atoms with Crippen molar-refractivity contribution in [1.29, 1.82) is 0 Å². The highest BCUT2D eigenvalue weighted by Crippen LogP contribution is 2.18. The van der Waals surface area contributed by atoms with Crippen LogP contribution in [-0.2, 0) is 11.2 Å². The predicted octanol–water partition coefficient (Wildman–Crippen LogP) is -0.432. The highest BCUT2D eigenvalue weighted by atomic mass is 16.5. The Labute approximate surface area is 123 Å². The predicted molar refractivity (Wildman–Crippen MR) is 80.1 cm³/mol. The molecule has 4 N–H and O–H groups in total. The monoisotopic (exact) mass is 302 g/mol. The number of methoxy groups -OCH3 is 1. The van der Waals surface area contributed by atoms with E-state index in [1.54, 1.807) is 7.11 Å². The fourth-order valence-corrected chi connectivity index (χ4v) is 2.27. The number of ether oxygens (including phenoxy) is 1. The third-order valence-electron chi connectivity index (χ3n) is 3.28. The number of nitrogens with one attached hydrogen (secondary N) is 2. The third kappa shape index (κ3) is 2.17. The molecule has 0 aliphatic rings. The van der Waals surface area contributed by atoms with Gasteiger partial charge in [-0.15, -0.1) is 0 Å². The molecule has 0 fully saturated rings. The molecule has 22 heavy (non-hydrogen) atoms. The second kappa shape index (κ2) is 5.45. The zero-order valence-corrected chi connectivity index (χ0v) is 11.8. The maximum absolute atomic E-state index is 12.5. The number of H-pyrrole nitrogens is 2. The van der Waals surface area contributed by atoms with Gasteiger partial charge < -0.3 is 15.5 Å². The molecule has 0 radical (unpaired) electrons. The number of pyridine rings is 1. The molecule has 114 valence electrons. The van der Waals surface area contributed by atoms with Gasteiger partial charge in [0.1, 0.15) is 5.52 Å². The summed E-state index contributed by atoms with van der Waals surface area (Å²) in [6.07, 6.45) is 3.28. The average Bonchev–Trinajstić information content (AvgIpc) is 2.95. The highest BCUT2D eigenvalue weighted by molar-refractivity contribution is 5.69. The number of rotatable bonds is 4. The van der Waals surface area contributed by atoms with Gasteiger partial charge in [-0.2, -0.15) is 0 Å². The van der Waals surface area contributed by atoms with Crippen LogP contribution in [-0.4, -0.2) is 38.2 Å². The minimum absolute atomic E-state index is 0.195. The summed E-state index contributed by atoms with van der Waals surface area (Å²) >= 11 is 0. The summed E-state index contributed by atoms with van der Waals surface area (Å²) in [4.78, 5) is 38.1. The van der Waals surface area contributed by atoms with Gasteiger partial charge in [0.05, 0.1) is 30.0 Å². The van der Waals surface area contributed by atoms with Crippen LogP contribution in [0.1, 0.15) is 5.69 Å². The number of hydrogen-bond donors (Lipinski definition) is 3. The lowest BCUT2D eigenvalue weighted by Crippen LogP contribution is -2.35. The molecule has 3 rings (SSSR count). The summed E-state index contributed by atoms with van der Waals surface area (Å²) in [6.45, 7) is 0.391. The molecule has 0 aliphatic carbocycles. The van der Waals surface area contributed by atoms with Crippen molar-refractivity contribution in [2.45, 2.75) is 6.42 Å². The largest absolute Gasteiger partial charge is 0.397 e. The van der Waals surface area contributed by atoms with Crippen LogP contribution in [0.15, 0.2) is 28.2 Å². The van der Waals surface area contributed by atoms with Crippen molar-refractivity contribution in [2.24, 2.45) is 0 Å². The van der Waals surface area contributed by atoms with Crippen molar-refractivity contribution >= 4 is 16.9 Å². The van der Waals surface area contributed by atoms with Gasteiger partial charge >= 0.3 is 5.69 Å². The van der Waals surface area contributed by atoms with Gasteiger partial charge in [0.25, 0.3) is 5.56 Å². The zero-order chi connectivity index (χ0) is 15.7. The summed E-state index contributed by atoms with van der Waals surface area (Å²) in [5.74, 6) is 0. The maximum atomic E-state index is 12.5. The van der Waals surface area contributed by atoms with E-state index in [9.17, 15) is 9.59 Å². The minimum atomic E-state index is -0.622. The molecular weight excluding hydrogens is 288 g/mol. The number of nitrogens with two attached hydrogens (primary N) is 1. The van der Waals surface area contributed by atoms with Crippen molar-refractivity contribution in [1.82, 2.24) is 24.5 Å². The standard InChI is InChI=1S/C13H14N6O3/c1-22-5-3-8-10(7(14)2-4-15-8)19-12(20)9-11(17-6-16-9)18-13(19)21/h2,4,6H,3,5H2,1H3,(H2,14,15)(H,16,17)(H,18,21). The molecular formula is C13H14N6O3. The first kappa shape index (κ1) is 14.0. The maximum Gasteiger partial charge on any atom is 0.334 e. The van der Waals surface area contributed by atoms with Crippen molar-refractivity contribution in [2.75, 3.05) is 19.5 Å². The molecule has 0 saturated heterocycles. The smallest absolute Gasteiger partial charge is 0.334 e. The van der Waals surface area contributed by atoms with Gasteiger partial charge in [0, 0.05) is 19.7 Å². The molecule has 0 aliphatic heterocycles. The highest BCUT2D eigenvalue weighted by Gasteiger charge is 2.17. The van der Waals surface area contributed by atoms with Crippen molar-refractivity contribution < 1.29 is 4.74 Å². The molecule has 0 saturated carbocycles. The van der Waals surface area contributed by atoms with Gasteiger partial charge in [-0.3, -0.25) is 14.8 Å². The molecule has 3 aromatic heterocycles. The van der Waals surface area contributed by atoms with E-state index in [1.165, 1.54) is 18.6 Å². The Morgan fingerprint density at radius 2 is 2.18 bits per heavy atom. The van der Waals surface area contributed by atoms with E-state index in [4.69, 9.17) is 10.5 Å². The first-order valence-corrected chi connectivity index (χ1v) is 6.54.